The number of aryl methyl sites for hydroxylation is 1. The van der Waals surface area contributed by atoms with E-state index >= 15 is 0 Å². The van der Waals surface area contributed by atoms with Crippen LogP contribution in [0, 0.1) is 12.8 Å². The van der Waals surface area contributed by atoms with Crippen LogP contribution in [0.5, 0.6) is 0 Å². The predicted octanol–water partition coefficient (Wildman–Crippen LogP) is 1.85. The number of aromatic nitrogens is 2. The van der Waals surface area contributed by atoms with Crippen molar-refractivity contribution in [3.63, 3.8) is 0 Å². The molecule has 0 unspecified atom stereocenters. The fraction of sp³-hybridized carbons (Fsp3) is 0.364. The van der Waals surface area contributed by atoms with Crippen molar-refractivity contribution >= 4 is 13.6 Å². The molecular weight excluding hydrogens is 293 g/mol. The minimum Gasteiger partial charge on any atom is -0.545 e. The second-order valence-corrected chi connectivity index (χ2v) is 2.92. The topological polar surface area (TPSA) is 59.9 Å². The first-order valence-electron chi connectivity index (χ1n) is 4.10. The van der Waals surface area contributed by atoms with E-state index in [4.69, 9.17) is 9.59 Å². The smallest absolute Gasteiger partial charge is 0.545 e. The summed E-state index contributed by atoms with van der Waals surface area (Å²) in [4.78, 5) is 15.5. The molecule has 1 aromatic heterocycles. The van der Waals surface area contributed by atoms with Crippen LogP contribution >= 0.6 is 0 Å². The van der Waals surface area contributed by atoms with Crippen LogP contribution in [-0.2, 0) is 29.1 Å². The van der Waals surface area contributed by atoms with Crippen molar-refractivity contribution in [3.8, 4) is 0 Å². The van der Waals surface area contributed by atoms with Gasteiger partial charge in [-0.15, -0.1) is 0 Å². The molecule has 0 amide bonds. The third-order valence-corrected chi connectivity index (χ3v) is 0.732. The number of nitrogens with zero attached hydrogens (tertiary/aromatic N) is 2. The van der Waals surface area contributed by atoms with E-state index in [-0.39, 0.29) is 19.5 Å². The molecule has 1 rings (SSSR count). The van der Waals surface area contributed by atoms with Gasteiger partial charge in [-0.25, -0.2) is 0 Å². The average molecular weight is 310 g/mol. The molecule has 0 fully saturated rings. The average Bonchev–Trinajstić information content (AvgIpc) is 2.24. The van der Waals surface area contributed by atoms with Gasteiger partial charge in [0, 0.05) is 6.20 Å². The number of carbonyl (C=O) groups excluding carboxylic acids is 2. The van der Waals surface area contributed by atoms with Gasteiger partial charge in [0.05, 0.1) is 6.20 Å². The van der Waals surface area contributed by atoms with Crippen molar-refractivity contribution in [1.82, 2.24) is 10.2 Å². The molecule has 91 valence electrons. The van der Waals surface area contributed by atoms with Gasteiger partial charge >= 0.3 is 19.5 Å². The molecule has 0 spiro atoms. The van der Waals surface area contributed by atoms with Crippen LogP contribution in [0.1, 0.15) is 26.3 Å². The first-order valence-corrected chi connectivity index (χ1v) is 4.10. The monoisotopic (exact) mass is 311 g/mol. The van der Waals surface area contributed by atoms with Crippen LogP contribution in [0.3, 0.4) is 0 Å². The molecule has 0 aromatic carbocycles. The van der Waals surface area contributed by atoms with E-state index in [1.54, 1.807) is 12.4 Å². The van der Waals surface area contributed by atoms with Gasteiger partial charge in [-0.2, -0.15) is 31.0 Å². The van der Waals surface area contributed by atoms with Crippen molar-refractivity contribution in [3.05, 3.63) is 29.9 Å². The Morgan fingerprint density at radius 3 is 1.56 bits per heavy atom. The number of rotatable bonds is 0. The standard InChI is InChI=1S/C5H6N2.C4H9.2CHO.Ru/c1-5-2-3-6-7-4-5;1-4(2)3;2*1-2;/h2-4H,1H3;1-3H3;2*1H;/q;3*-1;+3. The van der Waals surface area contributed by atoms with E-state index in [2.05, 4.69) is 44.5 Å². The third kappa shape index (κ3) is 38.1. The summed E-state index contributed by atoms with van der Waals surface area (Å²) >= 11 is 0. The van der Waals surface area contributed by atoms with E-state index in [0.29, 0.717) is 0 Å². The Balaban J connectivity index is -0.0000000702. The van der Waals surface area contributed by atoms with Gasteiger partial charge in [0.1, 0.15) is 0 Å². The maximum Gasteiger partial charge on any atom is 3.00 e. The molecule has 0 aliphatic carbocycles. The summed E-state index contributed by atoms with van der Waals surface area (Å²) in [5.74, 6) is 1.42. The first kappa shape index (κ1) is 24.3. The van der Waals surface area contributed by atoms with E-state index in [0.717, 1.165) is 5.56 Å². The van der Waals surface area contributed by atoms with Crippen LogP contribution < -0.4 is 0 Å². The number of hydrogen-bond donors (Lipinski definition) is 0. The van der Waals surface area contributed by atoms with Crippen molar-refractivity contribution in [2.24, 2.45) is 0 Å². The minimum absolute atomic E-state index is 0. The maximum atomic E-state index is 7.75. The quantitative estimate of drug-likeness (QED) is 0.417. The van der Waals surface area contributed by atoms with Gasteiger partial charge in [0.2, 0.25) is 0 Å². The second-order valence-electron chi connectivity index (χ2n) is 2.92. The molecule has 0 bridgehead atoms. The SMILES string of the molecule is C[C-](C)C.Cc1ccnnc1.[CH-]=O.[CH-]=O.[Ru+3]. The summed E-state index contributed by atoms with van der Waals surface area (Å²) in [5.41, 5.74) is 1.15. The van der Waals surface area contributed by atoms with Crippen LogP contribution in [0.2, 0.25) is 0 Å². The largest absolute Gasteiger partial charge is 3.00 e. The summed E-state index contributed by atoms with van der Waals surface area (Å²) in [6, 6.07) is 1.91. The van der Waals surface area contributed by atoms with Crippen LogP contribution in [-0.4, -0.2) is 23.8 Å². The molecule has 0 saturated carbocycles. The van der Waals surface area contributed by atoms with E-state index in [1.165, 1.54) is 5.92 Å². The van der Waals surface area contributed by atoms with Gasteiger partial charge in [-0.3, -0.25) is 13.6 Å². The molecule has 0 N–H and O–H groups in total. The Bertz CT molecular complexity index is 204. The fourth-order valence-electron chi connectivity index (χ4n) is 0.357. The van der Waals surface area contributed by atoms with Crippen molar-refractivity contribution in [1.29, 1.82) is 0 Å². The fourth-order valence-corrected chi connectivity index (χ4v) is 0.357. The van der Waals surface area contributed by atoms with Crippen LogP contribution in [0.15, 0.2) is 18.5 Å². The molecule has 5 heteroatoms. The zero-order chi connectivity index (χ0) is 12.7. The Hall–Kier alpha value is -0.957. The summed E-state index contributed by atoms with van der Waals surface area (Å²) in [6.07, 6.45) is 3.40. The molecule has 1 radical (unpaired) electrons. The van der Waals surface area contributed by atoms with E-state index in [1.807, 2.05) is 13.0 Å². The minimum atomic E-state index is 0. The van der Waals surface area contributed by atoms with E-state index < -0.39 is 0 Å². The Kier molecular flexibility index (Phi) is 36.0. The van der Waals surface area contributed by atoms with E-state index in [9.17, 15) is 0 Å². The van der Waals surface area contributed by atoms with Crippen molar-refractivity contribution in [2.45, 2.75) is 27.7 Å². The van der Waals surface area contributed by atoms with Gasteiger partial charge in [-0.1, -0.05) is 0 Å². The molecule has 16 heavy (non-hydrogen) atoms. The number of hydrogen-bond acceptors (Lipinski definition) is 4. The molecule has 1 heterocycles. The third-order valence-electron chi connectivity index (χ3n) is 0.732. The molecule has 4 nitrogen and oxygen atoms in total. The van der Waals surface area contributed by atoms with Crippen molar-refractivity contribution < 1.29 is 29.1 Å². The Morgan fingerprint density at radius 1 is 1.06 bits per heavy atom. The summed E-state index contributed by atoms with van der Waals surface area (Å²) < 4.78 is 0. The molecule has 0 aliphatic rings. The van der Waals surface area contributed by atoms with Crippen molar-refractivity contribution in [2.75, 3.05) is 0 Å². The summed E-state index contributed by atoms with van der Waals surface area (Å²) in [5, 5.41) is 7.23. The van der Waals surface area contributed by atoms with Crippen LogP contribution in [0.4, 0.5) is 0 Å². The molecule has 0 atom stereocenters. The Labute approximate surface area is 111 Å². The second kappa shape index (κ2) is 23.7. The predicted molar refractivity (Wildman–Crippen MR) is 60.5 cm³/mol. The van der Waals surface area contributed by atoms with Gasteiger partial charge in [0.15, 0.2) is 0 Å². The zero-order valence-corrected chi connectivity index (χ0v) is 11.7. The van der Waals surface area contributed by atoms with Gasteiger partial charge < -0.3 is 15.5 Å². The Morgan fingerprint density at radius 2 is 1.44 bits per heavy atom. The van der Waals surface area contributed by atoms with Gasteiger partial charge in [0.25, 0.3) is 0 Å². The van der Waals surface area contributed by atoms with Crippen LogP contribution in [0.25, 0.3) is 0 Å². The molecular formula is C11H17N2O2Ru. The normalized spacial score (nSPS) is 6.56. The first-order chi connectivity index (χ1) is 7.13. The molecule has 0 saturated heterocycles. The molecule has 1 aromatic rings. The van der Waals surface area contributed by atoms with Gasteiger partial charge in [-0.05, 0) is 18.6 Å². The summed E-state index contributed by atoms with van der Waals surface area (Å²) in [6.45, 7) is 14.7. The summed E-state index contributed by atoms with van der Waals surface area (Å²) in [7, 11) is 0. The maximum absolute atomic E-state index is 7.75. The zero-order valence-electron chi connectivity index (χ0n) is 9.95. The molecule has 0 aliphatic heterocycles.